The molecular weight excluding hydrogens is 222 g/mol. The van der Waals surface area contributed by atoms with Gasteiger partial charge < -0.3 is 10.1 Å². The molecule has 2 heteroatoms. The van der Waals surface area contributed by atoms with Crippen LogP contribution in [0.3, 0.4) is 0 Å². The summed E-state index contributed by atoms with van der Waals surface area (Å²) in [6, 6.07) is 0. The lowest BCUT2D eigenvalue weighted by atomic mass is 9.77. The van der Waals surface area contributed by atoms with Gasteiger partial charge in [0.1, 0.15) is 11.4 Å². The fourth-order valence-electron chi connectivity index (χ4n) is 3.24. The molecule has 3 aliphatic rings. The average molecular weight is 247 g/mol. The second-order valence-corrected chi connectivity index (χ2v) is 6.27. The standard InChI is InChI=1S/C16H25NO/c1-16(10-5-11-17-12-16)18-15-9-3-2-8-14(15)13-6-4-7-13/h8-9,13,17H,2-7,10-12H2,1H3/t16-/m0/s1. The first-order valence-corrected chi connectivity index (χ1v) is 7.57. The predicted octanol–water partition coefficient (Wildman–Crippen LogP) is 3.55. The first kappa shape index (κ1) is 12.3. The van der Waals surface area contributed by atoms with Gasteiger partial charge >= 0.3 is 0 Å². The maximum Gasteiger partial charge on any atom is 0.119 e. The highest BCUT2D eigenvalue weighted by Crippen LogP contribution is 2.40. The van der Waals surface area contributed by atoms with Crippen LogP contribution in [0.5, 0.6) is 0 Å². The van der Waals surface area contributed by atoms with Crippen molar-refractivity contribution in [3.8, 4) is 0 Å². The predicted molar refractivity (Wildman–Crippen MR) is 74.3 cm³/mol. The van der Waals surface area contributed by atoms with Gasteiger partial charge in [0.15, 0.2) is 0 Å². The summed E-state index contributed by atoms with van der Waals surface area (Å²) in [4.78, 5) is 0. The number of hydrogen-bond acceptors (Lipinski definition) is 2. The smallest absolute Gasteiger partial charge is 0.119 e. The zero-order valence-electron chi connectivity index (χ0n) is 11.5. The van der Waals surface area contributed by atoms with Crippen molar-refractivity contribution in [3.63, 3.8) is 0 Å². The molecule has 1 heterocycles. The number of rotatable bonds is 3. The molecule has 0 aromatic heterocycles. The lowest BCUT2D eigenvalue weighted by molar-refractivity contribution is -0.00106. The van der Waals surface area contributed by atoms with Crippen LogP contribution >= 0.6 is 0 Å². The molecule has 1 N–H and O–H groups in total. The van der Waals surface area contributed by atoms with Crippen molar-refractivity contribution in [1.29, 1.82) is 0 Å². The van der Waals surface area contributed by atoms with Crippen LogP contribution in [0.15, 0.2) is 23.5 Å². The molecule has 2 aliphatic carbocycles. The quantitative estimate of drug-likeness (QED) is 0.823. The first-order valence-electron chi connectivity index (χ1n) is 7.57. The van der Waals surface area contributed by atoms with E-state index < -0.39 is 0 Å². The highest BCUT2D eigenvalue weighted by atomic mass is 16.5. The Morgan fingerprint density at radius 2 is 2.06 bits per heavy atom. The Labute approximate surface area is 110 Å². The first-order chi connectivity index (χ1) is 8.77. The molecule has 0 bridgehead atoms. The van der Waals surface area contributed by atoms with E-state index in [1.165, 1.54) is 49.9 Å². The molecule has 0 unspecified atom stereocenters. The Balaban J connectivity index is 1.69. The lowest BCUT2D eigenvalue weighted by Crippen LogP contribution is -2.45. The van der Waals surface area contributed by atoms with Crippen LogP contribution in [0, 0.1) is 5.92 Å². The summed E-state index contributed by atoms with van der Waals surface area (Å²) < 4.78 is 6.42. The lowest BCUT2D eigenvalue weighted by Gasteiger charge is -2.39. The molecule has 0 aromatic carbocycles. The van der Waals surface area contributed by atoms with Crippen molar-refractivity contribution in [2.75, 3.05) is 13.1 Å². The molecule has 2 nitrogen and oxygen atoms in total. The normalized spacial score (nSPS) is 33.4. The van der Waals surface area contributed by atoms with E-state index in [-0.39, 0.29) is 5.60 Å². The molecule has 1 atom stereocenters. The molecular formula is C16H25NO. The highest BCUT2D eigenvalue weighted by molar-refractivity contribution is 5.33. The topological polar surface area (TPSA) is 21.3 Å². The van der Waals surface area contributed by atoms with E-state index in [2.05, 4.69) is 24.4 Å². The van der Waals surface area contributed by atoms with E-state index in [1.807, 2.05) is 0 Å². The van der Waals surface area contributed by atoms with Crippen LogP contribution in [0.1, 0.15) is 51.9 Å². The van der Waals surface area contributed by atoms with Gasteiger partial charge in [-0.05, 0) is 69.6 Å². The fraction of sp³-hybridized carbons (Fsp3) is 0.750. The van der Waals surface area contributed by atoms with Crippen molar-refractivity contribution < 1.29 is 4.74 Å². The Morgan fingerprint density at radius 3 is 2.72 bits per heavy atom. The Bertz CT molecular complexity index is 359. The molecule has 1 saturated carbocycles. The van der Waals surface area contributed by atoms with Crippen LogP contribution in [0.4, 0.5) is 0 Å². The second-order valence-electron chi connectivity index (χ2n) is 6.27. The van der Waals surface area contributed by atoms with E-state index in [4.69, 9.17) is 4.74 Å². The summed E-state index contributed by atoms with van der Waals surface area (Å²) in [6.07, 6.45) is 13.6. The van der Waals surface area contributed by atoms with Gasteiger partial charge in [0, 0.05) is 6.54 Å². The highest BCUT2D eigenvalue weighted by Gasteiger charge is 2.33. The fourth-order valence-corrected chi connectivity index (χ4v) is 3.24. The van der Waals surface area contributed by atoms with E-state index in [1.54, 1.807) is 0 Å². The third kappa shape index (κ3) is 2.49. The zero-order valence-corrected chi connectivity index (χ0v) is 11.5. The second kappa shape index (κ2) is 5.08. The Kier molecular flexibility index (Phi) is 3.47. The van der Waals surface area contributed by atoms with Crippen LogP contribution in [-0.4, -0.2) is 18.7 Å². The van der Waals surface area contributed by atoms with Crippen molar-refractivity contribution in [2.45, 2.75) is 57.5 Å². The molecule has 3 rings (SSSR count). The van der Waals surface area contributed by atoms with E-state index in [9.17, 15) is 0 Å². The Hall–Kier alpha value is -0.760. The molecule has 0 radical (unpaired) electrons. The molecule has 18 heavy (non-hydrogen) atoms. The Morgan fingerprint density at radius 1 is 1.22 bits per heavy atom. The monoisotopic (exact) mass is 247 g/mol. The van der Waals surface area contributed by atoms with Crippen molar-refractivity contribution in [3.05, 3.63) is 23.5 Å². The van der Waals surface area contributed by atoms with Crippen molar-refractivity contribution >= 4 is 0 Å². The summed E-state index contributed by atoms with van der Waals surface area (Å²) >= 11 is 0. The molecule has 1 saturated heterocycles. The average Bonchev–Trinajstić information content (AvgIpc) is 2.30. The van der Waals surface area contributed by atoms with Gasteiger partial charge in [0.2, 0.25) is 0 Å². The van der Waals surface area contributed by atoms with E-state index in [0.29, 0.717) is 0 Å². The summed E-state index contributed by atoms with van der Waals surface area (Å²) in [7, 11) is 0. The van der Waals surface area contributed by atoms with E-state index in [0.717, 1.165) is 25.4 Å². The van der Waals surface area contributed by atoms with Crippen LogP contribution in [0.2, 0.25) is 0 Å². The third-order valence-corrected chi connectivity index (χ3v) is 4.60. The number of hydrogen-bond donors (Lipinski definition) is 1. The number of nitrogens with one attached hydrogen (secondary N) is 1. The number of allylic oxidation sites excluding steroid dienone is 3. The van der Waals surface area contributed by atoms with Crippen LogP contribution < -0.4 is 5.32 Å². The summed E-state index contributed by atoms with van der Waals surface area (Å²) in [5, 5.41) is 3.47. The third-order valence-electron chi connectivity index (χ3n) is 4.60. The van der Waals surface area contributed by atoms with Gasteiger partial charge in [-0.3, -0.25) is 0 Å². The van der Waals surface area contributed by atoms with Crippen molar-refractivity contribution in [2.24, 2.45) is 5.92 Å². The largest absolute Gasteiger partial charge is 0.486 e. The molecule has 100 valence electrons. The van der Waals surface area contributed by atoms with Gasteiger partial charge in [0.05, 0.1) is 0 Å². The van der Waals surface area contributed by atoms with Gasteiger partial charge in [-0.2, -0.15) is 0 Å². The minimum atomic E-state index is 0.00423. The number of piperidine rings is 1. The maximum absolute atomic E-state index is 6.42. The minimum absolute atomic E-state index is 0.00423. The van der Waals surface area contributed by atoms with Gasteiger partial charge in [0.25, 0.3) is 0 Å². The van der Waals surface area contributed by atoms with Gasteiger partial charge in [-0.15, -0.1) is 0 Å². The van der Waals surface area contributed by atoms with Gasteiger partial charge in [-0.1, -0.05) is 12.5 Å². The summed E-state index contributed by atoms with van der Waals surface area (Å²) in [6.45, 7) is 4.39. The van der Waals surface area contributed by atoms with Crippen LogP contribution in [0.25, 0.3) is 0 Å². The minimum Gasteiger partial charge on any atom is -0.486 e. The summed E-state index contributed by atoms with van der Waals surface area (Å²) in [5.74, 6) is 1.99. The van der Waals surface area contributed by atoms with E-state index >= 15 is 0 Å². The molecule has 0 aromatic rings. The van der Waals surface area contributed by atoms with Crippen molar-refractivity contribution in [1.82, 2.24) is 5.32 Å². The molecule has 1 aliphatic heterocycles. The molecule has 0 spiro atoms. The van der Waals surface area contributed by atoms with Gasteiger partial charge in [-0.25, -0.2) is 0 Å². The molecule has 0 amide bonds. The SMILES string of the molecule is C[C@]1(OC2=CCCC=C2C2CCC2)CCCNC1. The summed E-state index contributed by atoms with van der Waals surface area (Å²) in [5.41, 5.74) is 1.52. The maximum atomic E-state index is 6.42. The number of ether oxygens (including phenoxy) is 1. The zero-order chi connectivity index (χ0) is 12.4. The van der Waals surface area contributed by atoms with Crippen LogP contribution in [-0.2, 0) is 4.74 Å². The molecule has 2 fully saturated rings.